The van der Waals surface area contributed by atoms with Crippen molar-refractivity contribution in [2.75, 3.05) is 89.5 Å². The standard InChI is InChI=1S/C31H39N7O4S/c1-41-24-6-7-26(27(21-24)42-2)34-13-17-36(18-14-34)30(39)25-22-43-29(33-25)23-8-11-37(12-9-23)31(40)38-19-15-35(16-20-38)28-5-3-4-10-32-28/h3-7,10,21-23H,8-9,11-20H2,1-2H3. The quantitative estimate of drug-likeness (QED) is 0.421. The smallest absolute Gasteiger partial charge is 0.320 e. The number of anilines is 2. The van der Waals surface area contributed by atoms with Gasteiger partial charge in [0.1, 0.15) is 23.0 Å². The van der Waals surface area contributed by atoms with Crippen molar-refractivity contribution < 1.29 is 19.1 Å². The number of ether oxygens (including phenoxy) is 2. The summed E-state index contributed by atoms with van der Waals surface area (Å²) in [6.07, 6.45) is 3.54. The van der Waals surface area contributed by atoms with Gasteiger partial charge in [-0.05, 0) is 37.1 Å². The molecule has 3 saturated heterocycles. The molecular weight excluding hydrogens is 566 g/mol. The Kier molecular flexibility index (Phi) is 8.82. The Morgan fingerprint density at radius 3 is 2.19 bits per heavy atom. The molecule has 1 aromatic carbocycles. The van der Waals surface area contributed by atoms with Crippen LogP contribution in [0.15, 0.2) is 48.0 Å². The number of likely N-dealkylation sites (tertiary alicyclic amines) is 1. The first kappa shape index (κ1) is 29.0. The Morgan fingerprint density at radius 2 is 1.51 bits per heavy atom. The number of hydrogen-bond acceptors (Lipinski definition) is 9. The summed E-state index contributed by atoms with van der Waals surface area (Å²) in [5.41, 5.74) is 1.53. The third-order valence-electron chi connectivity index (χ3n) is 8.67. The first-order valence-corrected chi connectivity index (χ1v) is 15.8. The number of pyridine rings is 1. The molecule has 0 radical (unpaired) electrons. The van der Waals surface area contributed by atoms with E-state index in [1.165, 1.54) is 0 Å². The van der Waals surface area contributed by atoms with Crippen molar-refractivity contribution in [3.63, 3.8) is 0 Å². The number of hydrogen-bond donors (Lipinski definition) is 0. The number of piperazine rings is 2. The normalized spacial score (nSPS) is 18.1. The lowest BCUT2D eigenvalue weighted by atomic mass is 9.98. The molecule has 0 spiro atoms. The fourth-order valence-corrected chi connectivity index (χ4v) is 7.08. The third-order valence-corrected chi connectivity index (χ3v) is 9.68. The van der Waals surface area contributed by atoms with Crippen LogP contribution in [-0.4, -0.2) is 116 Å². The molecule has 12 heteroatoms. The van der Waals surface area contributed by atoms with E-state index in [9.17, 15) is 9.59 Å². The number of thiazole rings is 1. The lowest BCUT2D eigenvalue weighted by Crippen LogP contribution is -2.54. The Hall–Kier alpha value is -4.06. The van der Waals surface area contributed by atoms with E-state index in [0.29, 0.717) is 45.0 Å². The molecular formula is C31H39N7O4S. The van der Waals surface area contributed by atoms with Crippen molar-refractivity contribution >= 4 is 34.8 Å². The van der Waals surface area contributed by atoms with Gasteiger partial charge in [0.15, 0.2) is 0 Å². The SMILES string of the molecule is COc1ccc(N2CCN(C(=O)c3csc(C4CCN(C(=O)N5CCN(c6ccccn6)CC5)CC4)n3)CC2)c(OC)c1. The van der Waals surface area contributed by atoms with Gasteiger partial charge in [0.25, 0.3) is 5.91 Å². The van der Waals surface area contributed by atoms with Crippen LogP contribution in [0.5, 0.6) is 11.5 Å². The molecule has 0 bridgehead atoms. The van der Waals surface area contributed by atoms with Gasteiger partial charge in [-0.15, -0.1) is 11.3 Å². The van der Waals surface area contributed by atoms with Gasteiger partial charge in [0, 0.05) is 89.0 Å². The second-order valence-electron chi connectivity index (χ2n) is 11.1. The zero-order valence-corrected chi connectivity index (χ0v) is 25.7. The minimum Gasteiger partial charge on any atom is -0.497 e. The van der Waals surface area contributed by atoms with Crippen LogP contribution < -0.4 is 19.3 Å². The topological polar surface area (TPSA) is 94.6 Å². The van der Waals surface area contributed by atoms with Gasteiger partial charge in [-0.25, -0.2) is 14.8 Å². The molecule has 0 N–H and O–H groups in total. The molecule has 43 heavy (non-hydrogen) atoms. The first-order chi connectivity index (χ1) is 21.0. The highest BCUT2D eigenvalue weighted by molar-refractivity contribution is 7.09. The van der Waals surface area contributed by atoms with Crippen LogP contribution >= 0.6 is 11.3 Å². The summed E-state index contributed by atoms with van der Waals surface area (Å²) in [4.78, 5) is 46.1. The molecule has 228 valence electrons. The second-order valence-corrected chi connectivity index (χ2v) is 12.0. The van der Waals surface area contributed by atoms with Gasteiger partial charge in [-0.1, -0.05) is 6.07 Å². The van der Waals surface area contributed by atoms with E-state index in [2.05, 4.69) is 14.8 Å². The van der Waals surface area contributed by atoms with E-state index in [-0.39, 0.29) is 17.9 Å². The molecule has 3 amide bonds. The predicted molar refractivity (Wildman–Crippen MR) is 167 cm³/mol. The monoisotopic (exact) mass is 605 g/mol. The van der Waals surface area contributed by atoms with Crippen molar-refractivity contribution in [2.45, 2.75) is 18.8 Å². The number of benzene rings is 1. The van der Waals surface area contributed by atoms with Gasteiger partial charge >= 0.3 is 6.03 Å². The third kappa shape index (κ3) is 6.34. The number of piperidine rings is 1. The van der Waals surface area contributed by atoms with E-state index >= 15 is 0 Å². The number of rotatable bonds is 6. The Bertz CT molecular complexity index is 1400. The van der Waals surface area contributed by atoms with Crippen LogP contribution in [0.2, 0.25) is 0 Å². The van der Waals surface area contributed by atoms with Crippen molar-refractivity contribution in [1.82, 2.24) is 24.7 Å². The average molecular weight is 606 g/mol. The van der Waals surface area contributed by atoms with E-state index in [1.807, 2.05) is 62.7 Å². The fraction of sp³-hybridized carbons (Fsp3) is 0.484. The number of methoxy groups -OCH3 is 2. The maximum absolute atomic E-state index is 13.3. The molecule has 3 fully saturated rings. The zero-order valence-electron chi connectivity index (χ0n) is 24.9. The molecule has 0 aliphatic carbocycles. The predicted octanol–water partition coefficient (Wildman–Crippen LogP) is 3.64. The van der Waals surface area contributed by atoms with Crippen molar-refractivity contribution in [2.24, 2.45) is 0 Å². The first-order valence-electron chi connectivity index (χ1n) is 15.0. The number of nitrogens with zero attached hydrogens (tertiary/aromatic N) is 7. The van der Waals surface area contributed by atoms with E-state index < -0.39 is 0 Å². The highest BCUT2D eigenvalue weighted by Gasteiger charge is 2.31. The van der Waals surface area contributed by atoms with E-state index in [1.54, 1.807) is 25.6 Å². The lowest BCUT2D eigenvalue weighted by molar-refractivity contribution is 0.0741. The van der Waals surface area contributed by atoms with E-state index in [0.717, 1.165) is 67.0 Å². The van der Waals surface area contributed by atoms with Crippen LogP contribution in [0.25, 0.3) is 0 Å². The fourth-order valence-electron chi connectivity index (χ4n) is 6.12. The Morgan fingerprint density at radius 1 is 0.814 bits per heavy atom. The van der Waals surface area contributed by atoms with Crippen LogP contribution in [0.4, 0.5) is 16.3 Å². The summed E-state index contributed by atoms with van der Waals surface area (Å²) < 4.78 is 10.9. The molecule has 3 aromatic rings. The zero-order chi connectivity index (χ0) is 29.8. The molecule has 0 unspecified atom stereocenters. The van der Waals surface area contributed by atoms with Crippen molar-refractivity contribution in [1.29, 1.82) is 0 Å². The largest absolute Gasteiger partial charge is 0.497 e. The summed E-state index contributed by atoms with van der Waals surface area (Å²) in [5, 5.41) is 2.90. The lowest BCUT2D eigenvalue weighted by Gasteiger charge is -2.39. The van der Waals surface area contributed by atoms with Crippen molar-refractivity contribution in [3.8, 4) is 11.5 Å². The minimum atomic E-state index is -0.0127. The van der Waals surface area contributed by atoms with Crippen LogP contribution in [0.3, 0.4) is 0 Å². The van der Waals surface area contributed by atoms with Gasteiger partial charge < -0.3 is 34.0 Å². The maximum Gasteiger partial charge on any atom is 0.320 e. The van der Waals surface area contributed by atoms with Gasteiger partial charge in [0.2, 0.25) is 0 Å². The molecule has 6 rings (SSSR count). The molecule has 3 aliphatic heterocycles. The number of amides is 3. The summed E-state index contributed by atoms with van der Waals surface area (Å²) in [5.74, 6) is 2.74. The maximum atomic E-state index is 13.3. The molecule has 5 heterocycles. The second kappa shape index (κ2) is 13.1. The number of aromatic nitrogens is 2. The van der Waals surface area contributed by atoms with Crippen LogP contribution in [0.1, 0.15) is 34.3 Å². The highest BCUT2D eigenvalue weighted by Crippen LogP contribution is 2.34. The molecule has 11 nitrogen and oxygen atoms in total. The molecule has 0 atom stereocenters. The van der Waals surface area contributed by atoms with Crippen LogP contribution in [0, 0.1) is 0 Å². The average Bonchev–Trinajstić information content (AvgIpc) is 3.58. The van der Waals surface area contributed by atoms with Crippen LogP contribution in [-0.2, 0) is 0 Å². The Balaban J connectivity index is 0.973. The summed E-state index contributed by atoms with van der Waals surface area (Å²) >= 11 is 1.57. The number of urea groups is 1. The molecule has 3 aliphatic rings. The number of carbonyl (C=O) groups excluding carboxylic acids is 2. The summed E-state index contributed by atoms with van der Waals surface area (Å²) in [7, 11) is 3.30. The highest BCUT2D eigenvalue weighted by atomic mass is 32.1. The molecule has 0 saturated carbocycles. The minimum absolute atomic E-state index is 0.0127. The van der Waals surface area contributed by atoms with Gasteiger partial charge in [-0.2, -0.15) is 0 Å². The molecule has 2 aromatic heterocycles. The van der Waals surface area contributed by atoms with E-state index in [4.69, 9.17) is 14.5 Å². The van der Waals surface area contributed by atoms with Gasteiger partial charge in [0.05, 0.1) is 24.9 Å². The van der Waals surface area contributed by atoms with Crippen molar-refractivity contribution in [3.05, 3.63) is 58.7 Å². The van der Waals surface area contributed by atoms with Gasteiger partial charge in [-0.3, -0.25) is 4.79 Å². The number of carbonyl (C=O) groups is 2. The summed E-state index contributed by atoms with van der Waals surface area (Å²) in [6, 6.07) is 11.9. The Labute approximate surface area is 256 Å². The summed E-state index contributed by atoms with van der Waals surface area (Å²) in [6.45, 7) is 7.10.